The summed E-state index contributed by atoms with van der Waals surface area (Å²) in [6, 6.07) is 16.1. The molecule has 1 N–H and O–H groups in total. The molecular formula is C24H20N4O2S2. The highest BCUT2D eigenvalue weighted by Gasteiger charge is 2.22. The summed E-state index contributed by atoms with van der Waals surface area (Å²) in [5.74, 6) is 0.748. The zero-order chi connectivity index (χ0) is 21.5. The van der Waals surface area contributed by atoms with Gasteiger partial charge in [0.15, 0.2) is 16.6 Å². The van der Waals surface area contributed by atoms with Crippen LogP contribution in [0.3, 0.4) is 0 Å². The number of hydrogen-bond donors (Lipinski definition) is 1. The van der Waals surface area contributed by atoms with Gasteiger partial charge in [-0.25, -0.2) is 9.97 Å². The summed E-state index contributed by atoms with van der Waals surface area (Å²) in [4.78, 5) is 11.5. The second-order valence-corrected chi connectivity index (χ2v) is 9.62. The number of fused-ring (bicyclic) bond motifs is 2. The molecule has 1 aliphatic heterocycles. The third-order valence-corrected chi connectivity index (χ3v) is 7.44. The van der Waals surface area contributed by atoms with E-state index in [1.165, 1.54) is 5.69 Å². The average Bonchev–Trinajstić information content (AvgIpc) is 3.52. The fourth-order valence-electron chi connectivity index (χ4n) is 4.10. The summed E-state index contributed by atoms with van der Waals surface area (Å²) in [6.45, 7) is 2.75. The zero-order valence-corrected chi connectivity index (χ0v) is 18.8. The van der Waals surface area contributed by atoms with Gasteiger partial charge in [0.1, 0.15) is 11.6 Å². The van der Waals surface area contributed by atoms with E-state index in [4.69, 9.17) is 9.72 Å². The van der Waals surface area contributed by atoms with Crippen molar-refractivity contribution >= 4 is 32.9 Å². The Labute approximate surface area is 193 Å². The number of ether oxygens (including phenoxy) is 1. The van der Waals surface area contributed by atoms with Crippen LogP contribution in [0.25, 0.3) is 25.9 Å². The van der Waals surface area contributed by atoms with Gasteiger partial charge in [0.2, 0.25) is 0 Å². The third kappa shape index (κ3) is 3.56. The van der Waals surface area contributed by atoms with Crippen molar-refractivity contribution in [1.29, 1.82) is 0 Å². The highest BCUT2D eigenvalue weighted by molar-refractivity contribution is 7.21. The lowest BCUT2D eigenvalue weighted by atomic mass is 10.1. The molecule has 0 saturated heterocycles. The lowest BCUT2D eigenvalue weighted by Gasteiger charge is -2.20. The number of phenolic OH excluding ortho intramolecular Hbond substituents is 1. The van der Waals surface area contributed by atoms with Gasteiger partial charge in [-0.1, -0.05) is 12.1 Å². The van der Waals surface area contributed by atoms with Crippen molar-refractivity contribution in [2.75, 3.05) is 13.2 Å². The molecule has 6 nitrogen and oxygen atoms in total. The molecule has 0 bridgehead atoms. The molecule has 8 heteroatoms. The molecule has 0 radical (unpaired) electrons. The van der Waals surface area contributed by atoms with Gasteiger partial charge in [-0.2, -0.15) is 0 Å². The largest absolute Gasteiger partial charge is 0.504 e. The summed E-state index contributed by atoms with van der Waals surface area (Å²) in [7, 11) is 0. The Morgan fingerprint density at radius 2 is 2.06 bits per heavy atom. The lowest BCUT2D eigenvalue weighted by molar-refractivity contribution is 0.214. The monoisotopic (exact) mass is 460 g/mol. The first-order chi connectivity index (χ1) is 15.7. The van der Waals surface area contributed by atoms with E-state index >= 15 is 0 Å². The fourth-order valence-corrected chi connectivity index (χ4v) is 5.71. The molecule has 0 saturated carbocycles. The van der Waals surface area contributed by atoms with Crippen molar-refractivity contribution in [1.82, 2.24) is 19.4 Å². The molecule has 2 aromatic carbocycles. The number of hydrogen-bond acceptors (Lipinski definition) is 7. The van der Waals surface area contributed by atoms with Crippen LogP contribution in [0, 0.1) is 0 Å². The predicted octanol–water partition coefficient (Wildman–Crippen LogP) is 5.31. The van der Waals surface area contributed by atoms with E-state index in [0.717, 1.165) is 44.6 Å². The van der Waals surface area contributed by atoms with Crippen LogP contribution in [-0.4, -0.2) is 37.7 Å². The topological polar surface area (TPSA) is 63.4 Å². The average molecular weight is 461 g/mol. The van der Waals surface area contributed by atoms with Crippen LogP contribution in [0.15, 0.2) is 66.3 Å². The van der Waals surface area contributed by atoms with Crippen molar-refractivity contribution in [3.63, 3.8) is 0 Å². The Hall–Kier alpha value is -3.20. The molecule has 32 heavy (non-hydrogen) atoms. The quantitative estimate of drug-likeness (QED) is 0.394. The van der Waals surface area contributed by atoms with Crippen molar-refractivity contribution in [2.24, 2.45) is 0 Å². The molecule has 4 heterocycles. The lowest BCUT2D eigenvalue weighted by Crippen LogP contribution is -2.26. The molecule has 0 aliphatic carbocycles. The second-order valence-electron chi connectivity index (χ2n) is 7.71. The Morgan fingerprint density at radius 1 is 1.12 bits per heavy atom. The summed E-state index contributed by atoms with van der Waals surface area (Å²) < 4.78 is 9.22. The minimum absolute atomic E-state index is 0.171. The third-order valence-electron chi connectivity index (χ3n) is 5.58. The van der Waals surface area contributed by atoms with Gasteiger partial charge < -0.3 is 9.84 Å². The first kappa shape index (κ1) is 19.5. The number of thiazole rings is 2. The van der Waals surface area contributed by atoms with E-state index in [9.17, 15) is 5.11 Å². The highest BCUT2D eigenvalue weighted by atomic mass is 32.1. The molecule has 0 unspecified atom stereocenters. The fraction of sp³-hybridized carbons (Fsp3) is 0.167. The van der Waals surface area contributed by atoms with E-state index in [0.29, 0.717) is 18.9 Å². The number of para-hydroxylation sites is 1. The minimum Gasteiger partial charge on any atom is -0.504 e. The van der Waals surface area contributed by atoms with E-state index in [2.05, 4.69) is 38.7 Å². The first-order valence-corrected chi connectivity index (χ1v) is 12.1. The molecular weight excluding hydrogens is 440 g/mol. The van der Waals surface area contributed by atoms with Crippen molar-refractivity contribution < 1.29 is 9.84 Å². The van der Waals surface area contributed by atoms with Gasteiger partial charge in [0.05, 0.1) is 10.2 Å². The number of aromatic nitrogens is 3. The highest BCUT2D eigenvalue weighted by Crippen LogP contribution is 2.39. The van der Waals surface area contributed by atoms with Crippen molar-refractivity contribution in [3.8, 4) is 27.2 Å². The van der Waals surface area contributed by atoms with Gasteiger partial charge in [-0.15, -0.1) is 22.7 Å². The van der Waals surface area contributed by atoms with Crippen molar-refractivity contribution in [2.45, 2.75) is 13.1 Å². The normalized spacial score (nSPS) is 14.2. The number of phenols is 1. The van der Waals surface area contributed by atoms with Crippen LogP contribution in [0.4, 0.5) is 0 Å². The van der Waals surface area contributed by atoms with Crippen molar-refractivity contribution in [3.05, 3.63) is 77.6 Å². The molecule has 0 amide bonds. The summed E-state index contributed by atoms with van der Waals surface area (Å²) in [5, 5.41) is 14.6. The van der Waals surface area contributed by atoms with Crippen LogP contribution in [-0.2, 0) is 13.1 Å². The van der Waals surface area contributed by atoms with Gasteiger partial charge >= 0.3 is 0 Å². The standard InChI is InChI=1S/C24H20N4O2S2/c29-20-13-16(23-26-19-5-1-2-6-21(19)32-23)12-17-14-27(9-10-30-22(17)20)15-18-4-3-8-28(18)24-25-7-11-31-24/h1-8,11-13,29H,9-10,14-15H2. The Balaban J connectivity index is 1.32. The van der Waals surface area contributed by atoms with Crippen LogP contribution < -0.4 is 4.74 Å². The molecule has 0 spiro atoms. The molecule has 5 aromatic rings. The maximum atomic E-state index is 10.7. The van der Waals surface area contributed by atoms with Crippen LogP contribution in [0.2, 0.25) is 0 Å². The second kappa shape index (κ2) is 8.05. The van der Waals surface area contributed by atoms with Gasteiger partial charge in [-0.05, 0) is 36.4 Å². The molecule has 3 aromatic heterocycles. The van der Waals surface area contributed by atoms with Crippen LogP contribution in [0.1, 0.15) is 11.3 Å². The molecule has 160 valence electrons. The zero-order valence-electron chi connectivity index (χ0n) is 17.1. The number of benzene rings is 2. The van der Waals surface area contributed by atoms with Gasteiger partial charge in [0, 0.05) is 54.2 Å². The molecule has 6 rings (SSSR count). The molecule has 0 atom stereocenters. The van der Waals surface area contributed by atoms with E-state index in [1.54, 1.807) is 28.7 Å². The molecule has 0 fully saturated rings. The van der Waals surface area contributed by atoms with E-state index < -0.39 is 0 Å². The smallest absolute Gasteiger partial charge is 0.193 e. The Kier molecular flexibility index (Phi) is 4.90. The van der Waals surface area contributed by atoms with Gasteiger partial charge in [0.25, 0.3) is 0 Å². The number of nitrogens with zero attached hydrogens (tertiary/aromatic N) is 4. The van der Waals surface area contributed by atoms with Crippen LogP contribution >= 0.6 is 22.7 Å². The summed E-state index contributed by atoms with van der Waals surface area (Å²) in [6.07, 6.45) is 3.87. The Morgan fingerprint density at radius 3 is 2.94 bits per heavy atom. The summed E-state index contributed by atoms with van der Waals surface area (Å²) in [5.41, 5.74) is 4.04. The first-order valence-electron chi connectivity index (χ1n) is 10.4. The number of aromatic hydroxyl groups is 1. The number of rotatable bonds is 4. The maximum Gasteiger partial charge on any atom is 0.193 e. The molecule has 1 aliphatic rings. The van der Waals surface area contributed by atoms with E-state index in [-0.39, 0.29) is 5.75 Å². The van der Waals surface area contributed by atoms with Gasteiger partial charge in [-0.3, -0.25) is 9.47 Å². The Bertz CT molecular complexity index is 1360. The SMILES string of the molecule is Oc1cc(-c2nc3ccccc3s2)cc2c1OCCN(Cc1cccn1-c1nccs1)C2. The maximum absolute atomic E-state index is 10.7. The van der Waals surface area contributed by atoms with E-state index in [1.807, 2.05) is 36.0 Å². The minimum atomic E-state index is 0.171. The summed E-state index contributed by atoms with van der Waals surface area (Å²) >= 11 is 3.26. The van der Waals surface area contributed by atoms with Crippen LogP contribution in [0.5, 0.6) is 11.5 Å². The predicted molar refractivity (Wildman–Crippen MR) is 128 cm³/mol.